The molecule has 1 aliphatic heterocycles. The number of nitrogens with one attached hydrogen (secondary N) is 2. The molecule has 1 aromatic carbocycles. The van der Waals surface area contributed by atoms with Crippen LogP contribution in [0.3, 0.4) is 0 Å². The van der Waals surface area contributed by atoms with Crippen molar-refractivity contribution >= 4 is 16.9 Å². The van der Waals surface area contributed by atoms with E-state index < -0.39 is 12.2 Å². The van der Waals surface area contributed by atoms with Crippen LogP contribution in [0.15, 0.2) is 18.2 Å². The summed E-state index contributed by atoms with van der Waals surface area (Å²) < 4.78 is 36.6. The van der Waals surface area contributed by atoms with Gasteiger partial charge >= 0.3 is 0 Å². The first kappa shape index (κ1) is 18.7. The summed E-state index contributed by atoms with van der Waals surface area (Å²) in [5, 5.41) is 2.76. The normalized spacial score (nSPS) is 16.9. The Hall–Kier alpha value is -2.10. The van der Waals surface area contributed by atoms with E-state index in [1.165, 1.54) is 12.1 Å². The van der Waals surface area contributed by atoms with Gasteiger partial charge < -0.3 is 25.5 Å². The van der Waals surface area contributed by atoms with Gasteiger partial charge in [-0.3, -0.25) is 4.79 Å². The van der Waals surface area contributed by atoms with Gasteiger partial charge in [0.25, 0.3) is 12.3 Å². The monoisotopic (exact) mass is 368 g/mol. The minimum Gasteiger partial charge on any atom is -0.381 e. The molecule has 0 aliphatic carbocycles. The summed E-state index contributed by atoms with van der Waals surface area (Å²) in [6.45, 7) is 2.31. The lowest BCUT2D eigenvalue weighted by Crippen LogP contribution is -2.46. The van der Waals surface area contributed by atoms with Crippen LogP contribution in [0.1, 0.15) is 35.4 Å². The molecule has 1 saturated heterocycles. The van der Waals surface area contributed by atoms with Crippen molar-refractivity contribution in [2.24, 2.45) is 5.73 Å². The number of hydrogen-bond acceptors (Lipinski definition) is 5. The third-order valence-electron chi connectivity index (χ3n) is 4.54. The number of carbonyl (C=O) groups is 1. The van der Waals surface area contributed by atoms with Crippen molar-refractivity contribution in [2.75, 3.05) is 32.9 Å². The number of nitrogens with two attached hydrogens (primary N) is 1. The summed E-state index contributed by atoms with van der Waals surface area (Å²) >= 11 is 0. The van der Waals surface area contributed by atoms with Crippen LogP contribution in [0, 0.1) is 0 Å². The quantitative estimate of drug-likeness (QED) is 0.646. The summed E-state index contributed by atoms with van der Waals surface area (Å²) in [7, 11) is 0. The van der Waals surface area contributed by atoms with Crippen LogP contribution in [0.25, 0.3) is 11.0 Å². The molecule has 3 rings (SSSR count). The van der Waals surface area contributed by atoms with Gasteiger partial charge in [0.05, 0.1) is 23.2 Å². The molecule has 0 unspecified atom stereocenters. The minimum atomic E-state index is -2.68. The Morgan fingerprint density at radius 2 is 2.19 bits per heavy atom. The van der Waals surface area contributed by atoms with Crippen LogP contribution in [-0.2, 0) is 9.47 Å². The van der Waals surface area contributed by atoms with E-state index in [1.54, 1.807) is 6.07 Å². The molecule has 26 heavy (non-hydrogen) atoms. The Morgan fingerprint density at radius 3 is 2.88 bits per heavy atom. The van der Waals surface area contributed by atoms with E-state index >= 15 is 0 Å². The number of H-pyrrole nitrogens is 1. The number of imidazole rings is 1. The van der Waals surface area contributed by atoms with Crippen molar-refractivity contribution < 1.29 is 23.0 Å². The zero-order chi connectivity index (χ0) is 18.6. The average molecular weight is 368 g/mol. The summed E-state index contributed by atoms with van der Waals surface area (Å²) in [4.78, 5) is 18.5. The summed E-state index contributed by atoms with van der Waals surface area (Å²) in [6, 6.07) is 4.59. The molecule has 142 valence electrons. The van der Waals surface area contributed by atoms with Crippen molar-refractivity contribution in [3.05, 3.63) is 29.6 Å². The van der Waals surface area contributed by atoms with Gasteiger partial charge in [-0.05, 0) is 18.2 Å². The maximum absolute atomic E-state index is 12.7. The fraction of sp³-hybridized carbons (Fsp3) is 0.529. The molecule has 0 radical (unpaired) electrons. The summed E-state index contributed by atoms with van der Waals surface area (Å²) in [5.74, 6) is -0.716. The molecular formula is C17H22F2N4O3. The number of ether oxygens (including phenoxy) is 2. The summed E-state index contributed by atoms with van der Waals surface area (Å²) in [6.07, 6.45) is -1.21. The molecule has 0 saturated carbocycles. The van der Waals surface area contributed by atoms with E-state index in [2.05, 4.69) is 15.3 Å². The van der Waals surface area contributed by atoms with E-state index in [9.17, 15) is 13.6 Å². The number of fused-ring (bicyclic) bond motifs is 1. The lowest BCUT2D eigenvalue weighted by molar-refractivity contribution is -0.103. The number of aromatic amines is 1. The maximum atomic E-state index is 12.7. The van der Waals surface area contributed by atoms with Gasteiger partial charge in [0.2, 0.25) is 0 Å². The number of nitrogens with zero attached hydrogens (tertiary/aromatic N) is 1. The fourth-order valence-electron chi connectivity index (χ4n) is 2.96. The Balaban J connectivity index is 1.54. The molecule has 2 heterocycles. The van der Waals surface area contributed by atoms with Gasteiger partial charge in [-0.2, -0.15) is 0 Å². The first-order valence-electron chi connectivity index (χ1n) is 8.51. The molecule has 1 aliphatic rings. The second kappa shape index (κ2) is 8.07. The highest BCUT2D eigenvalue weighted by Gasteiger charge is 2.31. The Bertz CT molecular complexity index is 760. The van der Waals surface area contributed by atoms with Crippen molar-refractivity contribution in [1.29, 1.82) is 0 Å². The topological polar surface area (TPSA) is 102 Å². The fourth-order valence-corrected chi connectivity index (χ4v) is 2.96. The number of rotatable bonds is 7. The molecule has 4 N–H and O–H groups in total. The molecule has 1 fully saturated rings. The van der Waals surface area contributed by atoms with Gasteiger partial charge in [-0.15, -0.1) is 0 Å². The highest BCUT2D eigenvalue weighted by Crippen LogP contribution is 2.24. The minimum absolute atomic E-state index is 0.308. The van der Waals surface area contributed by atoms with Crippen molar-refractivity contribution in [2.45, 2.75) is 24.9 Å². The van der Waals surface area contributed by atoms with Crippen molar-refractivity contribution in [1.82, 2.24) is 15.3 Å². The molecule has 7 nitrogen and oxygen atoms in total. The van der Waals surface area contributed by atoms with Crippen molar-refractivity contribution in [3.8, 4) is 0 Å². The highest BCUT2D eigenvalue weighted by atomic mass is 19.3. The first-order valence-corrected chi connectivity index (χ1v) is 8.51. The molecule has 0 atom stereocenters. The third kappa shape index (κ3) is 4.17. The Labute approximate surface area is 149 Å². The predicted octanol–water partition coefficient (Wildman–Crippen LogP) is 1.75. The van der Waals surface area contributed by atoms with Crippen LogP contribution in [0.5, 0.6) is 0 Å². The third-order valence-corrected chi connectivity index (χ3v) is 4.54. The Morgan fingerprint density at radius 1 is 1.42 bits per heavy atom. The van der Waals surface area contributed by atoms with Crippen LogP contribution in [-0.4, -0.2) is 54.4 Å². The number of hydrogen-bond donors (Lipinski definition) is 3. The van der Waals surface area contributed by atoms with Gasteiger partial charge in [-0.25, -0.2) is 13.8 Å². The molecule has 0 spiro atoms. The Kier molecular flexibility index (Phi) is 5.80. The molecule has 2 aromatic rings. The molecule has 9 heteroatoms. The van der Waals surface area contributed by atoms with E-state index in [-0.39, 0.29) is 11.5 Å². The van der Waals surface area contributed by atoms with E-state index in [0.29, 0.717) is 49.5 Å². The first-order chi connectivity index (χ1) is 12.5. The number of halogens is 2. The molecule has 1 amide bonds. The smallest absolute Gasteiger partial charge is 0.295 e. The molecule has 0 bridgehead atoms. The number of aromatic nitrogens is 2. The second-order valence-electron chi connectivity index (χ2n) is 6.26. The zero-order valence-corrected chi connectivity index (χ0v) is 14.3. The molecule has 1 aromatic heterocycles. The van der Waals surface area contributed by atoms with Crippen LogP contribution in [0.2, 0.25) is 0 Å². The highest BCUT2D eigenvalue weighted by molar-refractivity contribution is 5.97. The van der Waals surface area contributed by atoms with E-state index in [4.69, 9.17) is 15.2 Å². The largest absolute Gasteiger partial charge is 0.381 e. The van der Waals surface area contributed by atoms with Crippen LogP contribution >= 0.6 is 0 Å². The summed E-state index contributed by atoms with van der Waals surface area (Å²) in [5.41, 5.74) is 6.58. The average Bonchev–Trinajstić information content (AvgIpc) is 3.09. The van der Waals surface area contributed by atoms with Crippen LogP contribution < -0.4 is 11.1 Å². The zero-order valence-electron chi connectivity index (χ0n) is 14.3. The maximum Gasteiger partial charge on any atom is 0.295 e. The van der Waals surface area contributed by atoms with Gasteiger partial charge in [0, 0.05) is 44.7 Å². The van der Waals surface area contributed by atoms with Crippen LogP contribution in [0.4, 0.5) is 8.78 Å². The number of benzene rings is 1. The molecular weight excluding hydrogens is 346 g/mol. The van der Waals surface area contributed by atoms with Gasteiger partial charge in [0.15, 0.2) is 5.82 Å². The SMILES string of the molecule is NCC1(OCCNC(=O)c2ccc3nc(C(F)F)[nH]c3c2)CCOCC1. The standard InChI is InChI=1S/C17H22F2N4O3/c18-14(19)15-22-12-2-1-11(9-13(12)23-15)16(24)21-5-8-26-17(10-20)3-6-25-7-4-17/h1-2,9,14H,3-8,10,20H2,(H,21,24)(H,22,23). The van der Waals surface area contributed by atoms with E-state index in [0.717, 1.165) is 12.8 Å². The lowest BCUT2D eigenvalue weighted by Gasteiger charge is -2.36. The predicted molar refractivity (Wildman–Crippen MR) is 91.2 cm³/mol. The number of carbonyl (C=O) groups excluding carboxylic acids is 1. The van der Waals surface area contributed by atoms with Crippen molar-refractivity contribution in [3.63, 3.8) is 0 Å². The lowest BCUT2D eigenvalue weighted by atomic mass is 9.94. The van der Waals surface area contributed by atoms with Gasteiger partial charge in [-0.1, -0.05) is 0 Å². The van der Waals surface area contributed by atoms with Gasteiger partial charge in [0.1, 0.15) is 0 Å². The number of amides is 1. The van der Waals surface area contributed by atoms with E-state index in [1.807, 2.05) is 0 Å². The number of alkyl halides is 2. The second-order valence-corrected chi connectivity index (χ2v) is 6.26.